The molecular weight excluding hydrogens is 244 g/mol. The maximum Gasteiger partial charge on any atom is 0.122 e. The fourth-order valence-corrected chi connectivity index (χ4v) is 3.30. The standard InChI is InChI=1S/C15H16O2S/c1-10-6-8-18-15(10)14(16)12-4-5-13-11(9-12)3-2-7-17-13/h4-6,8-9,14,16H,2-3,7H2,1H3. The van der Waals surface area contributed by atoms with Gasteiger partial charge in [-0.1, -0.05) is 6.07 Å². The van der Waals surface area contributed by atoms with E-state index in [-0.39, 0.29) is 0 Å². The summed E-state index contributed by atoms with van der Waals surface area (Å²) in [6, 6.07) is 8.08. The van der Waals surface area contributed by atoms with Crippen LogP contribution in [0.25, 0.3) is 0 Å². The van der Waals surface area contributed by atoms with Crippen LogP contribution in [-0.2, 0) is 6.42 Å². The van der Waals surface area contributed by atoms with Crippen LogP contribution >= 0.6 is 11.3 Å². The summed E-state index contributed by atoms with van der Waals surface area (Å²) in [6.45, 7) is 2.84. The molecule has 1 unspecified atom stereocenters. The first kappa shape index (κ1) is 11.8. The number of ether oxygens (including phenoxy) is 1. The minimum absolute atomic E-state index is 0.516. The topological polar surface area (TPSA) is 29.5 Å². The highest BCUT2D eigenvalue weighted by molar-refractivity contribution is 7.10. The highest BCUT2D eigenvalue weighted by atomic mass is 32.1. The van der Waals surface area contributed by atoms with Gasteiger partial charge < -0.3 is 9.84 Å². The molecule has 0 saturated carbocycles. The molecule has 0 fully saturated rings. The second-order valence-corrected chi connectivity index (χ2v) is 5.64. The lowest BCUT2D eigenvalue weighted by molar-refractivity contribution is 0.222. The van der Waals surface area contributed by atoms with Crippen molar-refractivity contribution in [1.82, 2.24) is 0 Å². The van der Waals surface area contributed by atoms with Crippen molar-refractivity contribution in [3.63, 3.8) is 0 Å². The number of hydrogen-bond donors (Lipinski definition) is 1. The highest BCUT2D eigenvalue weighted by Crippen LogP contribution is 2.33. The molecule has 2 aromatic rings. The molecule has 0 amide bonds. The minimum Gasteiger partial charge on any atom is -0.493 e. The van der Waals surface area contributed by atoms with Crippen molar-refractivity contribution in [2.75, 3.05) is 6.61 Å². The molecule has 0 bridgehead atoms. The Morgan fingerprint density at radius 1 is 1.33 bits per heavy atom. The van der Waals surface area contributed by atoms with Gasteiger partial charge in [-0.2, -0.15) is 0 Å². The van der Waals surface area contributed by atoms with E-state index >= 15 is 0 Å². The molecule has 1 aliphatic rings. The van der Waals surface area contributed by atoms with Gasteiger partial charge in [-0.05, 0) is 60.0 Å². The minimum atomic E-state index is -0.516. The zero-order valence-corrected chi connectivity index (χ0v) is 11.2. The van der Waals surface area contributed by atoms with Gasteiger partial charge in [0.25, 0.3) is 0 Å². The van der Waals surface area contributed by atoms with Crippen LogP contribution in [0.15, 0.2) is 29.6 Å². The summed E-state index contributed by atoms with van der Waals surface area (Å²) in [6.07, 6.45) is 1.58. The highest BCUT2D eigenvalue weighted by Gasteiger charge is 2.17. The third-order valence-corrected chi connectivity index (χ3v) is 4.47. The Morgan fingerprint density at radius 2 is 2.22 bits per heavy atom. The maximum atomic E-state index is 10.4. The lowest BCUT2D eigenvalue weighted by Gasteiger charge is -2.19. The van der Waals surface area contributed by atoms with Crippen molar-refractivity contribution in [3.05, 3.63) is 51.2 Å². The van der Waals surface area contributed by atoms with E-state index < -0.39 is 6.10 Å². The normalized spacial score (nSPS) is 15.9. The lowest BCUT2D eigenvalue weighted by Crippen LogP contribution is -2.09. The van der Waals surface area contributed by atoms with E-state index in [1.165, 1.54) is 5.56 Å². The Hall–Kier alpha value is -1.32. The molecule has 2 nitrogen and oxygen atoms in total. The molecule has 1 aromatic heterocycles. The second-order valence-electron chi connectivity index (χ2n) is 4.69. The van der Waals surface area contributed by atoms with E-state index in [2.05, 4.69) is 6.07 Å². The maximum absolute atomic E-state index is 10.4. The molecule has 1 atom stereocenters. The summed E-state index contributed by atoms with van der Waals surface area (Å²) < 4.78 is 5.59. The number of fused-ring (bicyclic) bond motifs is 1. The average Bonchev–Trinajstić information content (AvgIpc) is 2.83. The summed E-state index contributed by atoms with van der Waals surface area (Å²) in [7, 11) is 0. The van der Waals surface area contributed by atoms with Crippen molar-refractivity contribution in [2.24, 2.45) is 0 Å². The van der Waals surface area contributed by atoms with Crippen LogP contribution in [0.4, 0.5) is 0 Å². The van der Waals surface area contributed by atoms with Crippen LogP contribution in [0.3, 0.4) is 0 Å². The van der Waals surface area contributed by atoms with E-state index in [1.54, 1.807) is 11.3 Å². The van der Waals surface area contributed by atoms with Crippen LogP contribution in [0.1, 0.15) is 34.1 Å². The zero-order chi connectivity index (χ0) is 12.5. The Kier molecular flexibility index (Phi) is 3.10. The van der Waals surface area contributed by atoms with Crippen LogP contribution in [0, 0.1) is 6.92 Å². The second kappa shape index (κ2) is 4.75. The van der Waals surface area contributed by atoms with Gasteiger partial charge in [-0.3, -0.25) is 0 Å². The van der Waals surface area contributed by atoms with Gasteiger partial charge in [0, 0.05) is 4.88 Å². The van der Waals surface area contributed by atoms with Gasteiger partial charge >= 0.3 is 0 Å². The zero-order valence-electron chi connectivity index (χ0n) is 10.3. The number of hydrogen-bond acceptors (Lipinski definition) is 3. The first-order valence-corrected chi connectivity index (χ1v) is 7.11. The molecule has 0 saturated heterocycles. The van der Waals surface area contributed by atoms with Gasteiger partial charge in [0.1, 0.15) is 11.9 Å². The smallest absolute Gasteiger partial charge is 0.122 e. The SMILES string of the molecule is Cc1ccsc1C(O)c1ccc2c(c1)CCCO2. The van der Waals surface area contributed by atoms with Crippen LogP contribution in [0.5, 0.6) is 5.75 Å². The molecule has 1 N–H and O–H groups in total. The predicted molar refractivity (Wildman–Crippen MR) is 73.4 cm³/mol. The van der Waals surface area contributed by atoms with Gasteiger partial charge in [0.15, 0.2) is 0 Å². The number of benzene rings is 1. The van der Waals surface area contributed by atoms with Crippen LogP contribution in [-0.4, -0.2) is 11.7 Å². The fourth-order valence-electron chi connectivity index (χ4n) is 2.37. The molecule has 18 heavy (non-hydrogen) atoms. The molecular formula is C15H16O2S. The number of rotatable bonds is 2. The van der Waals surface area contributed by atoms with E-state index in [9.17, 15) is 5.11 Å². The molecule has 3 rings (SSSR count). The number of aliphatic hydroxyl groups excluding tert-OH is 1. The van der Waals surface area contributed by atoms with Crippen molar-refractivity contribution in [3.8, 4) is 5.75 Å². The summed E-state index contributed by atoms with van der Waals surface area (Å²) in [5.41, 5.74) is 3.33. The fraction of sp³-hybridized carbons (Fsp3) is 0.333. The Labute approximate surface area is 111 Å². The van der Waals surface area contributed by atoms with Crippen molar-refractivity contribution >= 4 is 11.3 Å². The van der Waals surface area contributed by atoms with Crippen molar-refractivity contribution in [1.29, 1.82) is 0 Å². The first-order valence-electron chi connectivity index (χ1n) is 6.23. The molecule has 0 radical (unpaired) electrons. The Balaban J connectivity index is 1.95. The Morgan fingerprint density at radius 3 is 3.00 bits per heavy atom. The molecule has 0 aliphatic carbocycles. The number of aliphatic hydroxyl groups is 1. The number of thiophene rings is 1. The molecule has 2 heterocycles. The lowest BCUT2D eigenvalue weighted by atomic mass is 9.99. The molecule has 1 aliphatic heterocycles. The van der Waals surface area contributed by atoms with Crippen molar-refractivity contribution < 1.29 is 9.84 Å². The Bertz CT molecular complexity index is 559. The van der Waals surface area contributed by atoms with Gasteiger partial charge in [0.05, 0.1) is 6.61 Å². The predicted octanol–water partition coefficient (Wildman–Crippen LogP) is 3.46. The largest absolute Gasteiger partial charge is 0.493 e. The van der Waals surface area contributed by atoms with Crippen LogP contribution < -0.4 is 4.74 Å². The summed E-state index contributed by atoms with van der Waals surface area (Å²) in [4.78, 5) is 1.03. The van der Waals surface area contributed by atoms with E-state index in [4.69, 9.17) is 4.74 Å². The van der Waals surface area contributed by atoms with Gasteiger partial charge in [0.2, 0.25) is 0 Å². The van der Waals surface area contributed by atoms with Crippen molar-refractivity contribution in [2.45, 2.75) is 25.9 Å². The van der Waals surface area contributed by atoms with E-state index in [0.717, 1.165) is 41.2 Å². The van der Waals surface area contributed by atoms with E-state index in [0.29, 0.717) is 0 Å². The summed E-state index contributed by atoms with van der Waals surface area (Å²) >= 11 is 1.61. The third kappa shape index (κ3) is 2.04. The third-order valence-electron chi connectivity index (χ3n) is 3.40. The quantitative estimate of drug-likeness (QED) is 0.896. The molecule has 1 aromatic carbocycles. The van der Waals surface area contributed by atoms with Gasteiger partial charge in [-0.15, -0.1) is 11.3 Å². The summed E-state index contributed by atoms with van der Waals surface area (Å²) in [5.74, 6) is 0.972. The monoisotopic (exact) mass is 260 g/mol. The molecule has 3 heteroatoms. The average molecular weight is 260 g/mol. The first-order chi connectivity index (χ1) is 8.75. The van der Waals surface area contributed by atoms with Gasteiger partial charge in [-0.25, -0.2) is 0 Å². The van der Waals surface area contributed by atoms with Crippen LogP contribution in [0.2, 0.25) is 0 Å². The molecule has 94 valence electrons. The van der Waals surface area contributed by atoms with E-state index in [1.807, 2.05) is 30.5 Å². The summed E-state index contributed by atoms with van der Waals surface area (Å²) in [5, 5.41) is 12.5. The number of aryl methyl sites for hydroxylation is 2. The molecule has 0 spiro atoms.